The van der Waals surface area contributed by atoms with E-state index in [1.54, 1.807) is 0 Å². The fourth-order valence-electron chi connectivity index (χ4n) is 0.680. The van der Waals surface area contributed by atoms with E-state index < -0.39 is 21.9 Å². The van der Waals surface area contributed by atoms with Crippen molar-refractivity contribution in [2.24, 2.45) is 0 Å². The molecule has 0 rings (SSSR count). The van der Waals surface area contributed by atoms with Crippen molar-refractivity contribution < 1.29 is 23.5 Å². The van der Waals surface area contributed by atoms with Crippen LogP contribution in [0.1, 0.15) is 19.8 Å². The molecule has 0 aliphatic heterocycles. The Labute approximate surface area is 77.6 Å². The predicted octanol–water partition coefficient (Wildman–Crippen LogP) is -0.465. The van der Waals surface area contributed by atoms with E-state index in [1.165, 1.54) is 6.92 Å². The molecule has 2 atom stereocenters. The van der Waals surface area contributed by atoms with Crippen molar-refractivity contribution in [3.05, 3.63) is 0 Å². The minimum absolute atomic E-state index is 0.0931. The highest BCUT2D eigenvalue weighted by atomic mass is 32.2. The predicted molar refractivity (Wildman–Crippen MR) is 45.2 cm³/mol. The third-order valence-electron chi connectivity index (χ3n) is 1.57. The van der Waals surface area contributed by atoms with E-state index in [0.717, 1.165) is 0 Å². The number of aliphatic carboxylic acids is 1. The monoisotopic (exact) mass is 209 g/mol. The fraction of sp³-hybridized carbons (Fsp3) is 0.667. The highest BCUT2D eigenvalue weighted by Crippen LogP contribution is 2.14. The van der Waals surface area contributed by atoms with Crippen LogP contribution < -0.4 is 5.32 Å². The van der Waals surface area contributed by atoms with Gasteiger partial charge in [-0.3, -0.25) is 9.59 Å². The largest absolute Gasteiger partial charge is 0.481 e. The lowest BCUT2D eigenvalue weighted by atomic mass is 10.2. The number of rotatable bonds is 6. The van der Waals surface area contributed by atoms with Crippen LogP contribution in [0.15, 0.2) is 0 Å². The van der Waals surface area contributed by atoms with Gasteiger partial charge in [-0.15, -0.1) is 0 Å². The maximum Gasteiger partial charge on any atom is 0.303 e. The molecule has 0 spiro atoms. The number of amides is 1. The first-order chi connectivity index (χ1) is 5.92. The summed E-state index contributed by atoms with van der Waals surface area (Å²) in [6.45, 7) is 1.31. The molecule has 2 unspecified atom stereocenters. The maximum absolute atomic E-state index is 10.7. The van der Waals surface area contributed by atoms with Gasteiger partial charge in [0.05, 0.1) is 0 Å². The minimum atomic E-state index is -2.29. The summed E-state index contributed by atoms with van der Waals surface area (Å²) < 4.78 is 19.5. The van der Waals surface area contributed by atoms with Crippen molar-refractivity contribution in [3.8, 4) is 0 Å². The Morgan fingerprint density at radius 3 is 2.54 bits per heavy atom. The number of carboxylic acid groups (broad SMARTS) is 1. The van der Waals surface area contributed by atoms with E-state index in [9.17, 15) is 13.8 Å². The molecule has 0 aromatic carbocycles. The smallest absolute Gasteiger partial charge is 0.303 e. The lowest BCUT2D eigenvalue weighted by Crippen LogP contribution is -2.45. The number of hydrogen-bond donors (Lipinski definition) is 3. The molecule has 0 aliphatic carbocycles. The fourth-order valence-corrected chi connectivity index (χ4v) is 1.11. The van der Waals surface area contributed by atoms with Crippen molar-refractivity contribution in [1.29, 1.82) is 0 Å². The van der Waals surface area contributed by atoms with E-state index in [1.807, 2.05) is 0 Å². The highest BCUT2D eigenvalue weighted by molar-refractivity contribution is 7.80. The van der Waals surface area contributed by atoms with Gasteiger partial charge in [-0.2, -0.15) is 0 Å². The number of nitrogens with one attached hydrogen (secondary N) is 1. The second-order valence-electron chi connectivity index (χ2n) is 2.64. The molecule has 0 fully saturated rings. The van der Waals surface area contributed by atoms with Crippen LogP contribution >= 0.6 is 0 Å². The summed E-state index contributed by atoms with van der Waals surface area (Å²) in [5.41, 5.74) is 0. The van der Waals surface area contributed by atoms with Gasteiger partial charge in [0.2, 0.25) is 6.41 Å². The zero-order valence-corrected chi connectivity index (χ0v) is 7.84. The number of hydrogen-bond acceptors (Lipinski definition) is 3. The van der Waals surface area contributed by atoms with Crippen molar-refractivity contribution in [1.82, 2.24) is 5.32 Å². The van der Waals surface area contributed by atoms with Crippen molar-refractivity contribution in [3.63, 3.8) is 0 Å². The molecule has 3 N–H and O–H groups in total. The third kappa shape index (κ3) is 4.00. The second kappa shape index (κ2) is 4.93. The Bertz CT molecular complexity index is 231. The standard InChI is InChI=1S/C6H11NO5S/c1-6(7-4-8,13(11)12)3-2-5(9)10/h4H,2-3H2,1H3,(H,7,8)(H,9,10)(H,11,12). The summed E-state index contributed by atoms with van der Waals surface area (Å²) in [6.07, 6.45) is -0.0935. The summed E-state index contributed by atoms with van der Waals surface area (Å²) in [4.78, 5) is 18.9. The quantitative estimate of drug-likeness (QED) is 0.405. The van der Waals surface area contributed by atoms with Gasteiger partial charge in [-0.1, -0.05) is 0 Å². The molecule has 7 heteroatoms. The van der Waals surface area contributed by atoms with Crippen LogP contribution in [0.5, 0.6) is 0 Å². The Morgan fingerprint density at radius 1 is 1.69 bits per heavy atom. The minimum Gasteiger partial charge on any atom is -0.481 e. The first-order valence-electron chi connectivity index (χ1n) is 3.46. The molecule has 0 bridgehead atoms. The van der Waals surface area contributed by atoms with Crippen LogP contribution in [-0.4, -0.2) is 31.1 Å². The average molecular weight is 209 g/mol. The molecule has 0 saturated heterocycles. The second-order valence-corrected chi connectivity index (χ2v) is 4.04. The van der Waals surface area contributed by atoms with Crippen LogP contribution in [0.4, 0.5) is 0 Å². The lowest BCUT2D eigenvalue weighted by Gasteiger charge is -2.23. The zero-order chi connectivity index (χ0) is 10.5. The van der Waals surface area contributed by atoms with E-state index in [4.69, 9.17) is 9.66 Å². The summed E-state index contributed by atoms with van der Waals surface area (Å²) >= 11 is -2.29. The van der Waals surface area contributed by atoms with Crippen LogP contribution in [0.2, 0.25) is 0 Å². The molecule has 0 heterocycles. The summed E-state index contributed by atoms with van der Waals surface area (Å²) in [5, 5.41) is 10.4. The number of carboxylic acids is 1. The van der Waals surface area contributed by atoms with Crippen LogP contribution in [0, 0.1) is 0 Å². The van der Waals surface area contributed by atoms with E-state index >= 15 is 0 Å². The molecule has 0 aliphatic rings. The lowest BCUT2D eigenvalue weighted by molar-refractivity contribution is -0.137. The summed E-state index contributed by atoms with van der Waals surface area (Å²) in [5.74, 6) is -1.08. The van der Waals surface area contributed by atoms with Gasteiger partial charge in [0, 0.05) is 6.42 Å². The summed E-state index contributed by atoms with van der Waals surface area (Å²) in [6, 6.07) is 0. The first-order valence-corrected chi connectivity index (χ1v) is 4.57. The SMILES string of the molecule is CC(CCC(=O)O)(NC=O)S(=O)O. The highest BCUT2D eigenvalue weighted by Gasteiger charge is 2.30. The third-order valence-corrected chi connectivity index (χ3v) is 2.66. The normalized spacial score (nSPS) is 17.1. The van der Waals surface area contributed by atoms with Crippen LogP contribution in [0.25, 0.3) is 0 Å². The maximum atomic E-state index is 10.7. The van der Waals surface area contributed by atoms with E-state index in [0.29, 0.717) is 0 Å². The molecular formula is C6H11NO5S. The average Bonchev–Trinajstić information content (AvgIpc) is 2.01. The van der Waals surface area contributed by atoms with Crippen molar-refractivity contribution in [2.45, 2.75) is 24.6 Å². The van der Waals surface area contributed by atoms with Gasteiger partial charge in [-0.05, 0) is 13.3 Å². The Balaban J connectivity index is 4.32. The van der Waals surface area contributed by atoms with Gasteiger partial charge in [-0.25, -0.2) is 4.21 Å². The van der Waals surface area contributed by atoms with Gasteiger partial charge in [0.1, 0.15) is 4.87 Å². The van der Waals surface area contributed by atoms with Crippen LogP contribution in [0.3, 0.4) is 0 Å². The molecule has 6 nitrogen and oxygen atoms in total. The van der Waals surface area contributed by atoms with Crippen molar-refractivity contribution in [2.75, 3.05) is 0 Å². The van der Waals surface area contributed by atoms with Gasteiger partial charge in [0.15, 0.2) is 11.1 Å². The number of carbonyl (C=O) groups excluding carboxylic acids is 1. The topological polar surface area (TPSA) is 104 Å². The molecule has 0 aromatic heterocycles. The molecular weight excluding hydrogens is 198 g/mol. The molecule has 0 aromatic rings. The van der Waals surface area contributed by atoms with Crippen LogP contribution in [-0.2, 0) is 20.7 Å². The number of carbonyl (C=O) groups is 2. The molecule has 0 radical (unpaired) electrons. The molecule has 13 heavy (non-hydrogen) atoms. The van der Waals surface area contributed by atoms with E-state index in [-0.39, 0.29) is 19.3 Å². The molecule has 76 valence electrons. The first kappa shape index (κ1) is 12.0. The van der Waals surface area contributed by atoms with Crippen molar-refractivity contribution >= 4 is 23.5 Å². The van der Waals surface area contributed by atoms with E-state index in [2.05, 4.69) is 5.32 Å². The molecule has 0 saturated carbocycles. The Hall–Kier alpha value is -0.950. The van der Waals surface area contributed by atoms with Gasteiger partial charge >= 0.3 is 5.97 Å². The Kier molecular flexibility index (Phi) is 4.57. The van der Waals surface area contributed by atoms with Gasteiger partial charge < -0.3 is 15.0 Å². The summed E-state index contributed by atoms with van der Waals surface area (Å²) in [7, 11) is 0. The zero-order valence-electron chi connectivity index (χ0n) is 7.02. The molecule has 1 amide bonds. The van der Waals surface area contributed by atoms with Gasteiger partial charge in [0.25, 0.3) is 0 Å². The Morgan fingerprint density at radius 2 is 2.23 bits per heavy atom.